The number of pyridine rings is 1. The minimum absolute atomic E-state index is 0.534. The van der Waals surface area contributed by atoms with Crippen molar-refractivity contribution >= 4 is 38.4 Å². The summed E-state index contributed by atoms with van der Waals surface area (Å²) in [7, 11) is -3.05. The van der Waals surface area contributed by atoms with Crippen molar-refractivity contribution in [2.45, 2.75) is 0 Å². The lowest BCUT2D eigenvalue weighted by Crippen LogP contribution is -2.48. The monoisotopic (exact) mass is 367 g/mol. The molecule has 5 nitrogen and oxygen atoms in total. The van der Waals surface area contributed by atoms with Gasteiger partial charge in [0.25, 0.3) is 0 Å². The van der Waals surface area contributed by atoms with Crippen molar-refractivity contribution in [3.05, 3.63) is 21.9 Å². The van der Waals surface area contributed by atoms with Gasteiger partial charge in [0.1, 0.15) is 5.82 Å². The first-order chi connectivity index (χ1) is 7.97. The highest BCUT2D eigenvalue weighted by Crippen LogP contribution is 2.15. The van der Waals surface area contributed by atoms with E-state index in [4.69, 9.17) is 0 Å². The molecule has 0 radical (unpaired) electrons. The number of hydrogen-bond acceptors (Lipinski definition) is 4. The third-order valence-electron chi connectivity index (χ3n) is 2.74. The molecule has 0 unspecified atom stereocenters. The molecule has 1 aliphatic heterocycles. The second kappa shape index (κ2) is 5.07. The van der Waals surface area contributed by atoms with Crippen LogP contribution in [0.4, 0.5) is 5.82 Å². The van der Waals surface area contributed by atoms with Crippen LogP contribution in [0.5, 0.6) is 0 Å². The zero-order valence-electron chi connectivity index (χ0n) is 9.50. The zero-order chi connectivity index (χ0) is 12.5. The first kappa shape index (κ1) is 13.0. The van der Waals surface area contributed by atoms with Crippen molar-refractivity contribution in [1.82, 2.24) is 9.29 Å². The van der Waals surface area contributed by atoms with E-state index in [0.29, 0.717) is 26.2 Å². The molecule has 0 bridgehead atoms. The topological polar surface area (TPSA) is 53.5 Å². The van der Waals surface area contributed by atoms with Crippen molar-refractivity contribution in [1.29, 1.82) is 0 Å². The van der Waals surface area contributed by atoms with Gasteiger partial charge < -0.3 is 4.90 Å². The SMILES string of the molecule is CS(=O)(=O)N1CCN(c2ccc(I)cn2)CC1. The van der Waals surface area contributed by atoms with Crippen molar-refractivity contribution in [3.63, 3.8) is 0 Å². The smallest absolute Gasteiger partial charge is 0.211 e. The van der Waals surface area contributed by atoms with Crippen LogP contribution in [0.15, 0.2) is 18.3 Å². The van der Waals surface area contributed by atoms with Crippen LogP contribution >= 0.6 is 22.6 Å². The molecule has 94 valence electrons. The Kier molecular flexibility index (Phi) is 3.88. The van der Waals surface area contributed by atoms with E-state index < -0.39 is 10.0 Å². The third-order valence-corrected chi connectivity index (χ3v) is 4.68. The highest BCUT2D eigenvalue weighted by molar-refractivity contribution is 14.1. The number of halogens is 1. The lowest BCUT2D eigenvalue weighted by Gasteiger charge is -2.33. The molecule has 0 aliphatic carbocycles. The summed E-state index contributed by atoms with van der Waals surface area (Å²) < 4.78 is 25.3. The second-order valence-corrected chi connectivity index (χ2v) is 7.21. The van der Waals surface area contributed by atoms with E-state index in [9.17, 15) is 8.42 Å². The Morgan fingerprint density at radius 1 is 1.24 bits per heavy atom. The van der Waals surface area contributed by atoms with Crippen molar-refractivity contribution in [3.8, 4) is 0 Å². The fraction of sp³-hybridized carbons (Fsp3) is 0.500. The molecule has 0 atom stereocenters. The van der Waals surface area contributed by atoms with Gasteiger partial charge in [-0.15, -0.1) is 0 Å². The molecule has 0 aromatic carbocycles. The predicted molar refractivity (Wildman–Crippen MR) is 75.6 cm³/mol. The minimum Gasteiger partial charge on any atom is -0.354 e. The van der Waals surface area contributed by atoms with Gasteiger partial charge in [-0.25, -0.2) is 13.4 Å². The highest BCUT2D eigenvalue weighted by atomic mass is 127. The van der Waals surface area contributed by atoms with E-state index in [1.807, 2.05) is 18.3 Å². The Morgan fingerprint density at radius 3 is 2.35 bits per heavy atom. The van der Waals surface area contributed by atoms with E-state index in [2.05, 4.69) is 32.5 Å². The summed E-state index contributed by atoms with van der Waals surface area (Å²) in [5, 5.41) is 0. The maximum atomic E-state index is 11.4. The molecule has 0 N–H and O–H groups in total. The summed E-state index contributed by atoms with van der Waals surface area (Å²) in [4.78, 5) is 6.45. The predicted octanol–water partition coefficient (Wildman–Crippen LogP) is 0.768. The van der Waals surface area contributed by atoms with Crippen molar-refractivity contribution in [2.75, 3.05) is 37.3 Å². The molecule has 2 heterocycles. The van der Waals surface area contributed by atoms with Gasteiger partial charge in [0.2, 0.25) is 10.0 Å². The van der Waals surface area contributed by atoms with Crippen LogP contribution in [0.25, 0.3) is 0 Å². The summed E-state index contributed by atoms with van der Waals surface area (Å²) in [5.74, 6) is 0.915. The van der Waals surface area contributed by atoms with Gasteiger partial charge in [0, 0.05) is 35.9 Å². The molecular formula is C10H14IN3O2S. The summed E-state index contributed by atoms with van der Waals surface area (Å²) in [5.41, 5.74) is 0. The Bertz CT molecular complexity index is 481. The minimum atomic E-state index is -3.05. The number of piperazine rings is 1. The molecule has 1 saturated heterocycles. The third kappa shape index (κ3) is 3.29. The van der Waals surface area contributed by atoms with Gasteiger partial charge in [-0.05, 0) is 34.7 Å². The Labute approximate surface area is 115 Å². The van der Waals surface area contributed by atoms with Crippen LogP contribution < -0.4 is 4.90 Å². The molecular weight excluding hydrogens is 353 g/mol. The van der Waals surface area contributed by atoms with Crippen LogP contribution in [0.2, 0.25) is 0 Å². The van der Waals surface area contributed by atoms with Gasteiger partial charge in [-0.1, -0.05) is 0 Å². The number of hydrogen-bond donors (Lipinski definition) is 0. The van der Waals surface area contributed by atoms with Gasteiger partial charge in [0.05, 0.1) is 6.26 Å². The first-order valence-corrected chi connectivity index (χ1v) is 8.21. The summed E-state index contributed by atoms with van der Waals surface area (Å²) in [6.45, 7) is 2.46. The molecule has 1 aromatic rings. The first-order valence-electron chi connectivity index (χ1n) is 5.28. The average Bonchev–Trinajstić information content (AvgIpc) is 2.29. The fourth-order valence-corrected chi connectivity index (χ4v) is 2.95. The molecule has 0 amide bonds. The zero-order valence-corrected chi connectivity index (χ0v) is 12.5. The average molecular weight is 367 g/mol. The van der Waals surface area contributed by atoms with Crippen molar-refractivity contribution < 1.29 is 8.42 Å². The fourth-order valence-electron chi connectivity index (χ4n) is 1.80. The lowest BCUT2D eigenvalue weighted by molar-refractivity contribution is 0.387. The molecule has 2 rings (SSSR count). The maximum absolute atomic E-state index is 11.4. The molecule has 17 heavy (non-hydrogen) atoms. The van der Waals surface area contributed by atoms with Gasteiger partial charge in [-0.2, -0.15) is 4.31 Å². The van der Waals surface area contributed by atoms with Crippen LogP contribution in [-0.4, -0.2) is 50.1 Å². The Morgan fingerprint density at radius 2 is 1.88 bits per heavy atom. The number of sulfonamides is 1. The molecule has 7 heteroatoms. The molecule has 0 spiro atoms. The summed E-state index contributed by atoms with van der Waals surface area (Å²) in [6, 6.07) is 3.98. The maximum Gasteiger partial charge on any atom is 0.211 e. The van der Waals surface area contributed by atoms with Gasteiger partial charge >= 0.3 is 0 Å². The summed E-state index contributed by atoms with van der Waals surface area (Å²) in [6.07, 6.45) is 3.07. The van der Waals surface area contributed by atoms with Crippen LogP contribution in [0, 0.1) is 3.57 Å². The largest absolute Gasteiger partial charge is 0.354 e. The van der Waals surface area contributed by atoms with Crippen LogP contribution in [0.1, 0.15) is 0 Å². The highest BCUT2D eigenvalue weighted by Gasteiger charge is 2.23. The quantitative estimate of drug-likeness (QED) is 0.725. The van der Waals surface area contributed by atoms with Crippen LogP contribution in [-0.2, 0) is 10.0 Å². The summed E-state index contributed by atoms with van der Waals surface area (Å²) >= 11 is 2.21. The second-order valence-electron chi connectivity index (χ2n) is 3.98. The number of rotatable bonds is 2. The molecule has 0 saturated carbocycles. The number of aromatic nitrogens is 1. The normalized spacial score (nSPS) is 18.4. The van der Waals surface area contributed by atoms with E-state index in [1.54, 1.807) is 0 Å². The van der Waals surface area contributed by atoms with E-state index in [-0.39, 0.29) is 0 Å². The Hall–Kier alpha value is -0.410. The van der Waals surface area contributed by atoms with Crippen molar-refractivity contribution in [2.24, 2.45) is 0 Å². The van der Waals surface area contributed by atoms with E-state index in [0.717, 1.165) is 9.39 Å². The Balaban J connectivity index is 2.02. The molecule has 1 aliphatic rings. The van der Waals surface area contributed by atoms with Crippen LogP contribution in [0.3, 0.4) is 0 Å². The number of nitrogens with zero attached hydrogens (tertiary/aromatic N) is 3. The lowest BCUT2D eigenvalue weighted by atomic mass is 10.3. The van der Waals surface area contributed by atoms with Gasteiger partial charge in [-0.3, -0.25) is 0 Å². The van der Waals surface area contributed by atoms with E-state index >= 15 is 0 Å². The molecule has 1 fully saturated rings. The van der Waals surface area contributed by atoms with Gasteiger partial charge in [0.15, 0.2) is 0 Å². The molecule has 1 aromatic heterocycles. The van der Waals surface area contributed by atoms with E-state index in [1.165, 1.54) is 10.6 Å². The number of anilines is 1. The standard InChI is InChI=1S/C10H14IN3O2S/c1-17(15,16)14-6-4-13(5-7-14)10-3-2-9(11)8-12-10/h2-3,8H,4-7H2,1H3.